The summed E-state index contributed by atoms with van der Waals surface area (Å²) < 4.78 is 0.191. The monoisotopic (exact) mass is 392 g/mol. The number of allylic oxidation sites excluding steroid dienone is 12. The zero-order valence-electron chi connectivity index (χ0n) is 16.7. The van der Waals surface area contributed by atoms with E-state index in [1.165, 1.54) is 29.1 Å². The van der Waals surface area contributed by atoms with Crippen LogP contribution in [0.15, 0.2) is 92.9 Å². The molecule has 2 atom stereocenters. The Morgan fingerprint density at radius 3 is 1.59 bits per heavy atom. The van der Waals surface area contributed by atoms with Crippen LogP contribution in [-0.2, 0) is 0 Å². The van der Waals surface area contributed by atoms with Gasteiger partial charge in [-0.15, -0.1) is 23.5 Å². The van der Waals surface area contributed by atoms with Gasteiger partial charge < -0.3 is 0 Å². The molecule has 0 aromatic heterocycles. The Morgan fingerprint density at radius 1 is 0.741 bits per heavy atom. The second-order valence-corrected chi connectivity index (χ2v) is 10.8. The van der Waals surface area contributed by atoms with E-state index in [4.69, 9.17) is 0 Å². The minimum atomic E-state index is 0.0957. The van der Waals surface area contributed by atoms with Crippen LogP contribution in [0.2, 0.25) is 0 Å². The first-order valence-corrected chi connectivity index (χ1v) is 11.5. The molecule has 2 aliphatic carbocycles. The third-order valence-corrected chi connectivity index (χ3v) is 9.33. The number of hydrogen-bond donors (Lipinski definition) is 0. The highest BCUT2D eigenvalue weighted by atomic mass is 32.2. The minimum absolute atomic E-state index is 0.0957. The van der Waals surface area contributed by atoms with E-state index in [0.717, 1.165) is 0 Å². The molecule has 2 aliphatic heterocycles. The van der Waals surface area contributed by atoms with Gasteiger partial charge in [0.05, 0.1) is 9.49 Å². The van der Waals surface area contributed by atoms with Gasteiger partial charge in [-0.25, -0.2) is 0 Å². The lowest BCUT2D eigenvalue weighted by Crippen LogP contribution is -2.47. The summed E-state index contributed by atoms with van der Waals surface area (Å²) >= 11 is 4.12. The normalized spacial score (nSPS) is 33.0. The van der Waals surface area contributed by atoms with E-state index in [2.05, 4.69) is 112 Å². The van der Waals surface area contributed by atoms with E-state index in [1.54, 1.807) is 22.3 Å². The summed E-state index contributed by atoms with van der Waals surface area (Å²) in [7, 11) is 0. The predicted molar refractivity (Wildman–Crippen MR) is 124 cm³/mol. The maximum Gasteiger partial charge on any atom is 0.0618 e. The molecule has 2 heterocycles. The summed E-state index contributed by atoms with van der Waals surface area (Å²) in [6, 6.07) is 0. The molecule has 27 heavy (non-hydrogen) atoms. The van der Waals surface area contributed by atoms with Gasteiger partial charge in [-0.2, -0.15) is 0 Å². The average Bonchev–Trinajstić information content (AvgIpc) is 3.32. The number of thioether (sulfide) groups is 2. The van der Waals surface area contributed by atoms with Crippen molar-refractivity contribution >= 4 is 23.5 Å². The third kappa shape index (κ3) is 2.93. The fourth-order valence-corrected chi connectivity index (χ4v) is 7.72. The second-order valence-electron chi connectivity index (χ2n) is 7.77. The molecule has 2 heteroatoms. The van der Waals surface area contributed by atoms with Gasteiger partial charge in [0.1, 0.15) is 0 Å². The Labute approximate surface area is 172 Å². The van der Waals surface area contributed by atoms with Crippen molar-refractivity contribution in [3.63, 3.8) is 0 Å². The van der Waals surface area contributed by atoms with Crippen LogP contribution >= 0.6 is 23.5 Å². The van der Waals surface area contributed by atoms with Crippen molar-refractivity contribution in [3.8, 4) is 0 Å². The standard InChI is InChI=1S/C25H28S2/c1-5-7-9-12-18-16-22-20-14-11-15-21(20)23-17-19(13-10-8-6-2)27-25(23,4)24(22,3)26-18/h5-10,12-13,16-17H,11,14-15H2,1-4H3/b7-5+,8-6+,12-9-,13-10+. The van der Waals surface area contributed by atoms with Crippen LogP contribution in [-0.4, -0.2) is 9.49 Å². The number of hydrogen-bond acceptors (Lipinski definition) is 2. The van der Waals surface area contributed by atoms with Gasteiger partial charge >= 0.3 is 0 Å². The summed E-state index contributed by atoms with van der Waals surface area (Å²) in [6.07, 6.45) is 26.0. The molecular formula is C25H28S2. The molecule has 1 saturated carbocycles. The quantitative estimate of drug-likeness (QED) is 0.447. The molecule has 4 aliphatic rings. The third-order valence-electron chi connectivity index (χ3n) is 6.15. The van der Waals surface area contributed by atoms with Crippen LogP contribution in [0.4, 0.5) is 0 Å². The number of fused-ring (bicyclic) bond motifs is 4. The molecule has 0 aromatic rings. The van der Waals surface area contributed by atoms with Gasteiger partial charge in [0.15, 0.2) is 0 Å². The SMILES string of the molecule is C/C=C/C=C\C1=CC2=C3CCCC3=C3C=C(/C=C/C=C/C)SC3(C)C2(C)S1. The lowest BCUT2D eigenvalue weighted by Gasteiger charge is -2.47. The Morgan fingerprint density at radius 2 is 1.19 bits per heavy atom. The van der Waals surface area contributed by atoms with Gasteiger partial charge in [0.2, 0.25) is 0 Å². The van der Waals surface area contributed by atoms with Crippen molar-refractivity contribution in [2.75, 3.05) is 0 Å². The highest BCUT2D eigenvalue weighted by Gasteiger charge is 2.58. The molecule has 0 N–H and O–H groups in total. The first-order chi connectivity index (χ1) is 13.0. The Hall–Kier alpha value is -1.38. The first kappa shape index (κ1) is 19.0. The molecule has 140 valence electrons. The van der Waals surface area contributed by atoms with Gasteiger partial charge in [-0.1, -0.05) is 36.5 Å². The molecule has 0 spiro atoms. The van der Waals surface area contributed by atoms with E-state index < -0.39 is 0 Å². The highest BCUT2D eigenvalue weighted by Crippen LogP contribution is 2.68. The zero-order valence-corrected chi connectivity index (χ0v) is 18.3. The van der Waals surface area contributed by atoms with Crippen molar-refractivity contribution in [1.29, 1.82) is 0 Å². The van der Waals surface area contributed by atoms with Crippen molar-refractivity contribution < 1.29 is 0 Å². The molecular weight excluding hydrogens is 364 g/mol. The van der Waals surface area contributed by atoms with E-state index >= 15 is 0 Å². The van der Waals surface area contributed by atoms with Gasteiger partial charge in [0.25, 0.3) is 0 Å². The van der Waals surface area contributed by atoms with Crippen LogP contribution in [0.5, 0.6) is 0 Å². The van der Waals surface area contributed by atoms with Gasteiger partial charge in [-0.3, -0.25) is 0 Å². The fourth-order valence-electron chi connectivity index (χ4n) is 4.68. The number of rotatable bonds is 4. The Kier molecular flexibility index (Phi) is 5.07. The largest absolute Gasteiger partial charge is 0.113 e. The predicted octanol–water partition coefficient (Wildman–Crippen LogP) is 7.82. The lowest BCUT2D eigenvalue weighted by molar-refractivity contribution is 0.607. The van der Waals surface area contributed by atoms with Gasteiger partial charge in [0, 0.05) is 9.81 Å². The molecule has 1 fully saturated rings. The summed E-state index contributed by atoms with van der Waals surface area (Å²) in [5.41, 5.74) is 6.46. The summed E-state index contributed by atoms with van der Waals surface area (Å²) in [5.74, 6) is 0. The van der Waals surface area contributed by atoms with Crippen molar-refractivity contribution in [1.82, 2.24) is 0 Å². The van der Waals surface area contributed by atoms with Crippen molar-refractivity contribution in [2.24, 2.45) is 0 Å². The smallest absolute Gasteiger partial charge is 0.0618 e. The average molecular weight is 393 g/mol. The molecule has 0 bridgehead atoms. The van der Waals surface area contributed by atoms with E-state index in [1.807, 2.05) is 0 Å². The molecule has 2 unspecified atom stereocenters. The van der Waals surface area contributed by atoms with E-state index in [0.29, 0.717) is 0 Å². The van der Waals surface area contributed by atoms with Crippen LogP contribution in [0.1, 0.15) is 47.0 Å². The van der Waals surface area contributed by atoms with Crippen LogP contribution in [0.25, 0.3) is 0 Å². The summed E-state index contributed by atoms with van der Waals surface area (Å²) in [6.45, 7) is 9.08. The fraction of sp³-hybridized carbons (Fsp3) is 0.360. The van der Waals surface area contributed by atoms with E-state index in [9.17, 15) is 0 Å². The van der Waals surface area contributed by atoms with Crippen molar-refractivity contribution in [2.45, 2.75) is 56.5 Å². The zero-order chi connectivity index (χ0) is 19.1. The van der Waals surface area contributed by atoms with Crippen LogP contribution < -0.4 is 0 Å². The maximum absolute atomic E-state index is 2.47. The molecule has 0 saturated heterocycles. The summed E-state index contributed by atoms with van der Waals surface area (Å²) in [5, 5.41) is 0. The van der Waals surface area contributed by atoms with Gasteiger partial charge in [-0.05, 0) is 93.6 Å². The van der Waals surface area contributed by atoms with Crippen LogP contribution in [0, 0.1) is 0 Å². The molecule has 0 amide bonds. The van der Waals surface area contributed by atoms with Crippen LogP contribution in [0.3, 0.4) is 0 Å². The molecule has 0 radical (unpaired) electrons. The molecule has 0 nitrogen and oxygen atoms in total. The topological polar surface area (TPSA) is 0 Å². The first-order valence-electron chi connectivity index (χ1n) is 9.91. The van der Waals surface area contributed by atoms with Crippen molar-refractivity contribution in [3.05, 3.63) is 92.9 Å². The minimum Gasteiger partial charge on any atom is -0.113 e. The summed E-state index contributed by atoms with van der Waals surface area (Å²) in [4.78, 5) is 2.79. The maximum atomic E-state index is 2.47. The lowest BCUT2D eigenvalue weighted by atomic mass is 9.72. The molecule has 0 aromatic carbocycles. The van der Waals surface area contributed by atoms with E-state index in [-0.39, 0.29) is 9.49 Å². The molecule has 4 rings (SSSR count). The second kappa shape index (κ2) is 7.22. The Bertz CT molecular complexity index is 827. The highest BCUT2D eigenvalue weighted by molar-refractivity contribution is 8.09. The Balaban J connectivity index is 1.79.